The van der Waals surface area contributed by atoms with E-state index >= 15 is 0 Å². The number of imidazole rings is 1. The van der Waals surface area contributed by atoms with E-state index in [1.807, 2.05) is 6.20 Å². The van der Waals surface area contributed by atoms with E-state index in [0.717, 1.165) is 43.8 Å². The molecule has 0 radical (unpaired) electrons. The lowest BCUT2D eigenvalue weighted by molar-refractivity contribution is 0.0982. The van der Waals surface area contributed by atoms with Gasteiger partial charge in [-0.15, -0.1) is 0 Å². The standard InChI is InChI=1S/C14H23N3O3S/c1-11-10-15-14(13-4-3-9-20-13)17(11)12-5-7-16(8-6-12)21(2,18)19/h10,12-13H,3-9H2,1-2H3. The predicted molar refractivity (Wildman–Crippen MR) is 79.6 cm³/mol. The molecule has 0 amide bonds. The highest BCUT2D eigenvalue weighted by molar-refractivity contribution is 7.88. The molecule has 2 aliphatic heterocycles. The summed E-state index contributed by atoms with van der Waals surface area (Å²) in [4.78, 5) is 4.55. The number of hydrogen-bond donors (Lipinski definition) is 0. The van der Waals surface area contributed by atoms with Crippen LogP contribution in [0, 0.1) is 6.92 Å². The Kier molecular flexibility index (Phi) is 4.07. The minimum Gasteiger partial charge on any atom is -0.370 e. The van der Waals surface area contributed by atoms with Crippen molar-refractivity contribution >= 4 is 10.0 Å². The Morgan fingerprint density at radius 1 is 1.29 bits per heavy atom. The first-order valence-corrected chi connectivity index (χ1v) is 9.42. The molecule has 3 rings (SSSR count). The van der Waals surface area contributed by atoms with Crippen LogP contribution in [0.4, 0.5) is 0 Å². The van der Waals surface area contributed by atoms with Crippen LogP contribution in [0.25, 0.3) is 0 Å². The second-order valence-corrected chi connectivity index (χ2v) is 8.01. The molecule has 0 bridgehead atoms. The number of aryl methyl sites for hydroxylation is 1. The maximum atomic E-state index is 11.6. The first-order valence-electron chi connectivity index (χ1n) is 7.57. The third-order valence-corrected chi connectivity index (χ3v) is 5.79. The summed E-state index contributed by atoms with van der Waals surface area (Å²) in [5, 5.41) is 0. The molecule has 1 aromatic heterocycles. The Labute approximate surface area is 126 Å². The molecule has 2 saturated heterocycles. The normalized spacial score (nSPS) is 25.5. The Bertz CT molecular complexity index is 597. The van der Waals surface area contributed by atoms with E-state index in [9.17, 15) is 8.42 Å². The summed E-state index contributed by atoms with van der Waals surface area (Å²) in [5.41, 5.74) is 1.14. The van der Waals surface area contributed by atoms with Gasteiger partial charge in [0.25, 0.3) is 0 Å². The summed E-state index contributed by atoms with van der Waals surface area (Å²) in [6.45, 7) is 4.05. The van der Waals surface area contributed by atoms with Crippen LogP contribution in [-0.2, 0) is 14.8 Å². The van der Waals surface area contributed by atoms with Gasteiger partial charge in [0.05, 0.1) is 6.26 Å². The fraction of sp³-hybridized carbons (Fsp3) is 0.786. The van der Waals surface area contributed by atoms with Crippen molar-refractivity contribution in [2.24, 2.45) is 0 Å². The van der Waals surface area contributed by atoms with Crippen LogP contribution < -0.4 is 0 Å². The van der Waals surface area contributed by atoms with Crippen molar-refractivity contribution in [1.82, 2.24) is 13.9 Å². The van der Waals surface area contributed by atoms with Gasteiger partial charge in [-0.3, -0.25) is 0 Å². The number of sulfonamides is 1. The van der Waals surface area contributed by atoms with Crippen molar-refractivity contribution in [3.63, 3.8) is 0 Å². The van der Waals surface area contributed by atoms with Crippen molar-refractivity contribution in [3.05, 3.63) is 17.7 Å². The Morgan fingerprint density at radius 2 is 2.00 bits per heavy atom. The summed E-state index contributed by atoms with van der Waals surface area (Å²) >= 11 is 0. The van der Waals surface area contributed by atoms with Gasteiger partial charge in [0.15, 0.2) is 0 Å². The number of ether oxygens (including phenoxy) is 1. The third kappa shape index (κ3) is 3.00. The van der Waals surface area contributed by atoms with Crippen LogP contribution in [0.5, 0.6) is 0 Å². The molecule has 2 aliphatic rings. The molecule has 21 heavy (non-hydrogen) atoms. The second-order valence-electron chi connectivity index (χ2n) is 6.02. The van der Waals surface area contributed by atoms with E-state index in [-0.39, 0.29) is 6.10 Å². The first-order chi connectivity index (χ1) is 9.97. The maximum Gasteiger partial charge on any atom is 0.211 e. The molecule has 3 heterocycles. The summed E-state index contributed by atoms with van der Waals surface area (Å²) < 4.78 is 32.8. The van der Waals surface area contributed by atoms with Gasteiger partial charge in [-0.1, -0.05) is 0 Å². The minimum absolute atomic E-state index is 0.103. The molecule has 0 saturated carbocycles. The van der Waals surface area contributed by atoms with E-state index in [1.165, 1.54) is 6.26 Å². The SMILES string of the molecule is Cc1cnc(C2CCCO2)n1C1CCN(S(C)(=O)=O)CC1. The van der Waals surface area contributed by atoms with Gasteiger partial charge in [-0.25, -0.2) is 17.7 Å². The van der Waals surface area contributed by atoms with Crippen molar-refractivity contribution in [2.45, 2.75) is 44.8 Å². The van der Waals surface area contributed by atoms with Crippen LogP contribution in [0.1, 0.15) is 49.3 Å². The molecule has 0 aliphatic carbocycles. The van der Waals surface area contributed by atoms with Gasteiger partial charge in [-0.05, 0) is 32.6 Å². The summed E-state index contributed by atoms with van der Waals surface area (Å²) in [5.74, 6) is 1.02. The van der Waals surface area contributed by atoms with Crippen LogP contribution in [0.2, 0.25) is 0 Å². The van der Waals surface area contributed by atoms with Crippen molar-refractivity contribution in [2.75, 3.05) is 26.0 Å². The zero-order valence-electron chi connectivity index (χ0n) is 12.7. The lowest BCUT2D eigenvalue weighted by Gasteiger charge is -2.33. The number of piperidine rings is 1. The molecule has 118 valence electrons. The number of nitrogens with zero attached hydrogens (tertiary/aromatic N) is 3. The van der Waals surface area contributed by atoms with Gasteiger partial charge < -0.3 is 9.30 Å². The summed E-state index contributed by atoms with van der Waals surface area (Å²) in [6.07, 6.45) is 7.08. The zero-order chi connectivity index (χ0) is 15.0. The van der Waals surface area contributed by atoms with Crippen LogP contribution >= 0.6 is 0 Å². The van der Waals surface area contributed by atoms with Crippen LogP contribution in [0.15, 0.2) is 6.20 Å². The van der Waals surface area contributed by atoms with Gasteiger partial charge in [0, 0.05) is 37.6 Å². The van der Waals surface area contributed by atoms with Crippen LogP contribution in [-0.4, -0.2) is 48.2 Å². The van der Waals surface area contributed by atoms with E-state index in [1.54, 1.807) is 4.31 Å². The lowest BCUT2D eigenvalue weighted by Crippen LogP contribution is -2.38. The molecule has 1 atom stereocenters. The molecule has 6 nitrogen and oxygen atoms in total. The number of hydrogen-bond acceptors (Lipinski definition) is 4. The van der Waals surface area contributed by atoms with Gasteiger partial charge in [-0.2, -0.15) is 0 Å². The van der Waals surface area contributed by atoms with Gasteiger partial charge in [0.2, 0.25) is 10.0 Å². The molecule has 1 unspecified atom stereocenters. The predicted octanol–water partition coefficient (Wildman–Crippen LogP) is 1.64. The third-order valence-electron chi connectivity index (χ3n) is 4.49. The monoisotopic (exact) mass is 313 g/mol. The minimum atomic E-state index is -3.07. The molecule has 2 fully saturated rings. The fourth-order valence-corrected chi connectivity index (χ4v) is 4.27. The maximum absolute atomic E-state index is 11.6. The quantitative estimate of drug-likeness (QED) is 0.851. The molecular formula is C14H23N3O3S. The van der Waals surface area contributed by atoms with E-state index < -0.39 is 10.0 Å². The topological polar surface area (TPSA) is 64.4 Å². The van der Waals surface area contributed by atoms with Crippen molar-refractivity contribution in [1.29, 1.82) is 0 Å². The fourth-order valence-electron chi connectivity index (χ4n) is 3.39. The smallest absolute Gasteiger partial charge is 0.211 e. The summed E-state index contributed by atoms with van der Waals surface area (Å²) in [6, 6.07) is 0.324. The molecule has 7 heteroatoms. The highest BCUT2D eigenvalue weighted by Crippen LogP contribution is 2.33. The molecule has 0 spiro atoms. The highest BCUT2D eigenvalue weighted by atomic mass is 32.2. The zero-order valence-corrected chi connectivity index (χ0v) is 13.5. The average molecular weight is 313 g/mol. The Hall–Kier alpha value is -0.920. The largest absolute Gasteiger partial charge is 0.370 e. The molecule has 1 aromatic rings. The highest BCUT2D eigenvalue weighted by Gasteiger charge is 2.30. The number of rotatable bonds is 3. The Morgan fingerprint density at radius 3 is 2.57 bits per heavy atom. The van der Waals surface area contributed by atoms with E-state index in [2.05, 4.69) is 16.5 Å². The van der Waals surface area contributed by atoms with Crippen molar-refractivity contribution in [3.8, 4) is 0 Å². The first kappa shape index (κ1) is 15.0. The van der Waals surface area contributed by atoms with Gasteiger partial charge >= 0.3 is 0 Å². The molecule has 0 N–H and O–H groups in total. The van der Waals surface area contributed by atoms with E-state index in [4.69, 9.17) is 4.74 Å². The molecular weight excluding hydrogens is 290 g/mol. The van der Waals surface area contributed by atoms with E-state index in [0.29, 0.717) is 19.1 Å². The van der Waals surface area contributed by atoms with Gasteiger partial charge in [0.1, 0.15) is 11.9 Å². The molecule has 0 aromatic carbocycles. The number of aromatic nitrogens is 2. The second kappa shape index (κ2) is 5.70. The van der Waals surface area contributed by atoms with Crippen molar-refractivity contribution < 1.29 is 13.2 Å². The van der Waals surface area contributed by atoms with Crippen LogP contribution in [0.3, 0.4) is 0 Å². The lowest BCUT2D eigenvalue weighted by atomic mass is 10.1. The average Bonchev–Trinajstić information content (AvgIpc) is 3.06. The Balaban J connectivity index is 1.77. The summed E-state index contributed by atoms with van der Waals surface area (Å²) in [7, 11) is -3.07.